The van der Waals surface area contributed by atoms with Crippen LogP contribution in [0.2, 0.25) is 0 Å². The first-order chi connectivity index (χ1) is 7.24. The standard InChI is InChI=1S/C12H18O2S/c1-3-15-9-8-14-12-6-4-11(5-7-12)10(2)13/h4-7,10,13H,3,8-9H2,1-2H3. The SMILES string of the molecule is CCSCCOc1ccc(C(C)O)cc1. The highest BCUT2D eigenvalue weighted by atomic mass is 32.2. The van der Waals surface area contributed by atoms with Gasteiger partial charge in [0, 0.05) is 5.75 Å². The molecule has 0 saturated carbocycles. The highest BCUT2D eigenvalue weighted by Gasteiger charge is 2.00. The second-order valence-electron chi connectivity index (χ2n) is 3.29. The van der Waals surface area contributed by atoms with Crippen LogP contribution >= 0.6 is 11.8 Å². The van der Waals surface area contributed by atoms with Crippen molar-refractivity contribution < 1.29 is 9.84 Å². The van der Waals surface area contributed by atoms with Crippen LogP contribution < -0.4 is 4.74 Å². The van der Waals surface area contributed by atoms with E-state index in [-0.39, 0.29) is 0 Å². The number of thioether (sulfide) groups is 1. The van der Waals surface area contributed by atoms with E-state index in [1.165, 1.54) is 0 Å². The summed E-state index contributed by atoms with van der Waals surface area (Å²) in [5, 5.41) is 9.32. The average molecular weight is 226 g/mol. The Morgan fingerprint density at radius 3 is 2.53 bits per heavy atom. The van der Waals surface area contributed by atoms with Crippen molar-refractivity contribution in [2.24, 2.45) is 0 Å². The topological polar surface area (TPSA) is 29.5 Å². The van der Waals surface area contributed by atoms with Gasteiger partial charge in [0.15, 0.2) is 0 Å². The van der Waals surface area contributed by atoms with Crippen molar-refractivity contribution in [2.75, 3.05) is 18.1 Å². The van der Waals surface area contributed by atoms with Gasteiger partial charge in [-0.1, -0.05) is 19.1 Å². The maximum Gasteiger partial charge on any atom is 0.119 e. The molecule has 1 unspecified atom stereocenters. The summed E-state index contributed by atoms with van der Waals surface area (Å²) in [6, 6.07) is 7.59. The highest BCUT2D eigenvalue weighted by molar-refractivity contribution is 7.99. The molecule has 2 nitrogen and oxygen atoms in total. The molecule has 0 fully saturated rings. The predicted octanol–water partition coefficient (Wildman–Crippen LogP) is 2.87. The van der Waals surface area contributed by atoms with Crippen LogP contribution in [0, 0.1) is 0 Å². The molecule has 1 atom stereocenters. The van der Waals surface area contributed by atoms with Gasteiger partial charge in [-0.05, 0) is 30.4 Å². The Hall–Kier alpha value is -0.670. The van der Waals surface area contributed by atoms with Crippen molar-refractivity contribution >= 4 is 11.8 Å². The number of aliphatic hydroxyl groups is 1. The van der Waals surface area contributed by atoms with Crippen molar-refractivity contribution in [3.63, 3.8) is 0 Å². The van der Waals surface area contributed by atoms with Gasteiger partial charge >= 0.3 is 0 Å². The van der Waals surface area contributed by atoms with Crippen molar-refractivity contribution in [3.8, 4) is 5.75 Å². The van der Waals surface area contributed by atoms with Crippen LogP contribution in [0.3, 0.4) is 0 Å². The van der Waals surface area contributed by atoms with Gasteiger partial charge in [0.2, 0.25) is 0 Å². The zero-order chi connectivity index (χ0) is 11.1. The summed E-state index contributed by atoms with van der Waals surface area (Å²) >= 11 is 1.87. The molecule has 84 valence electrons. The molecule has 0 amide bonds. The van der Waals surface area contributed by atoms with Gasteiger partial charge in [-0.25, -0.2) is 0 Å². The first-order valence-corrected chi connectivity index (χ1v) is 6.38. The smallest absolute Gasteiger partial charge is 0.119 e. The Morgan fingerprint density at radius 2 is 2.00 bits per heavy atom. The van der Waals surface area contributed by atoms with Crippen LogP contribution in [0.1, 0.15) is 25.5 Å². The zero-order valence-corrected chi connectivity index (χ0v) is 10.1. The number of aliphatic hydroxyl groups excluding tert-OH is 1. The minimum Gasteiger partial charge on any atom is -0.493 e. The fraction of sp³-hybridized carbons (Fsp3) is 0.500. The van der Waals surface area contributed by atoms with E-state index in [9.17, 15) is 5.11 Å². The van der Waals surface area contributed by atoms with Gasteiger partial charge in [0.25, 0.3) is 0 Å². The Kier molecular flexibility index (Phi) is 5.58. The maximum absolute atomic E-state index is 9.32. The summed E-state index contributed by atoms with van der Waals surface area (Å²) in [4.78, 5) is 0. The third-order valence-corrected chi connectivity index (χ3v) is 2.93. The highest BCUT2D eigenvalue weighted by Crippen LogP contribution is 2.17. The molecular weight excluding hydrogens is 208 g/mol. The lowest BCUT2D eigenvalue weighted by Gasteiger charge is -2.08. The molecule has 0 bridgehead atoms. The Balaban J connectivity index is 2.36. The number of rotatable bonds is 6. The minimum atomic E-state index is -0.408. The van der Waals surface area contributed by atoms with Crippen LogP contribution in [-0.2, 0) is 0 Å². The maximum atomic E-state index is 9.32. The Bertz CT molecular complexity index is 269. The molecule has 0 saturated heterocycles. The summed E-state index contributed by atoms with van der Waals surface area (Å²) in [6.07, 6.45) is -0.408. The van der Waals surface area contributed by atoms with Crippen molar-refractivity contribution in [1.29, 1.82) is 0 Å². The van der Waals surface area contributed by atoms with E-state index < -0.39 is 6.10 Å². The third-order valence-electron chi connectivity index (χ3n) is 2.06. The lowest BCUT2D eigenvalue weighted by Crippen LogP contribution is -2.00. The quantitative estimate of drug-likeness (QED) is 0.756. The third kappa shape index (κ3) is 4.58. The summed E-state index contributed by atoms with van der Waals surface area (Å²) < 4.78 is 5.54. The average Bonchev–Trinajstić information content (AvgIpc) is 2.25. The van der Waals surface area contributed by atoms with Crippen LogP contribution in [0.25, 0.3) is 0 Å². The fourth-order valence-corrected chi connectivity index (χ4v) is 1.70. The molecule has 1 N–H and O–H groups in total. The minimum absolute atomic E-state index is 0.408. The molecule has 1 aromatic carbocycles. The van der Waals surface area contributed by atoms with E-state index >= 15 is 0 Å². The molecule has 15 heavy (non-hydrogen) atoms. The van der Waals surface area contributed by atoms with Gasteiger partial charge in [-0.15, -0.1) is 0 Å². The van der Waals surface area contributed by atoms with E-state index in [0.717, 1.165) is 29.4 Å². The summed E-state index contributed by atoms with van der Waals surface area (Å²) in [6.45, 7) is 4.64. The molecule has 1 aromatic rings. The number of hydrogen-bond donors (Lipinski definition) is 1. The van der Waals surface area contributed by atoms with Crippen LogP contribution in [0.4, 0.5) is 0 Å². The fourth-order valence-electron chi connectivity index (χ4n) is 1.21. The number of ether oxygens (including phenoxy) is 1. The molecule has 0 aliphatic carbocycles. The summed E-state index contributed by atoms with van der Waals surface area (Å²) in [5.74, 6) is 3.02. The lowest BCUT2D eigenvalue weighted by molar-refractivity contribution is 0.199. The molecule has 0 heterocycles. The van der Waals surface area contributed by atoms with Crippen molar-refractivity contribution in [1.82, 2.24) is 0 Å². The van der Waals surface area contributed by atoms with Crippen molar-refractivity contribution in [2.45, 2.75) is 20.0 Å². The van der Waals surface area contributed by atoms with E-state index in [1.807, 2.05) is 36.0 Å². The molecule has 1 rings (SSSR count). The van der Waals surface area contributed by atoms with Gasteiger partial charge < -0.3 is 9.84 Å². The molecule has 3 heteroatoms. The van der Waals surface area contributed by atoms with E-state index in [4.69, 9.17) is 4.74 Å². The molecule has 0 aliphatic rings. The van der Waals surface area contributed by atoms with E-state index in [2.05, 4.69) is 6.92 Å². The first kappa shape index (κ1) is 12.4. The summed E-state index contributed by atoms with van der Waals surface area (Å²) in [7, 11) is 0. The zero-order valence-electron chi connectivity index (χ0n) is 9.27. The second-order valence-corrected chi connectivity index (χ2v) is 4.68. The number of benzene rings is 1. The normalized spacial score (nSPS) is 12.5. The van der Waals surface area contributed by atoms with Crippen molar-refractivity contribution in [3.05, 3.63) is 29.8 Å². The molecule has 0 spiro atoms. The Labute approximate surface area is 95.7 Å². The lowest BCUT2D eigenvalue weighted by atomic mass is 10.1. The largest absolute Gasteiger partial charge is 0.493 e. The van der Waals surface area contributed by atoms with E-state index in [1.54, 1.807) is 6.92 Å². The Morgan fingerprint density at radius 1 is 1.33 bits per heavy atom. The molecule has 0 radical (unpaired) electrons. The number of hydrogen-bond acceptors (Lipinski definition) is 3. The van der Waals surface area contributed by atoms with Crippen LogP contribution in [0.15, 0.2) is 24.3 Å². The second kappa shape index (κ2) is 6.75. The van der Waals surface area contributed by atoms with Crippen LogP contribution in [-0.4, -0.2) is 23.2 Å². The van der Waals surface area contributed by atoms with E-state index in [0.29, 0.717) is 0 Å². The molecule has 0 aromatic heterocycles. The van der Waals surface area contributed by atoms with Crippen LogP contribution in [0.5, 0.6) is 5.75 Å². The summed E-state index contributed by atoms with van der Waals surface area (Å²) in [5.41, 5.74) is 0.922. The molecule has 0 aliphatic heterocycles. The van der Waals surface area contributed by atoms with Gasteiger partial charge in [0.05, 0.1) is 12.7 Å². The van der Waals surface area contributed by atoms with Gasteiger partial charge in [0.1, 0.15) is 5.75 Å². The van der Waals surface area contributed by atoms with Gasteiger partial charge in [-0.2, -0.15) is 11.8 Å². The molecular formula is C12H18O2S. The monoisotopic (exact) mass is 226 g/mol. The first-order valence-electron chi connectivity index (χ1n) is 5.22. The predicted molar refractivity (Wildman–Crippen MR) is 65.6 cm³/mol. The van der Waals surface area contributed by atoms with Gasteiger partial charge in [-0.3, -0.25) is 0 Å².